The predicted molar refractivity (Wildman–Crippen MR) is 108 cm³/mol. The number of carboxylic acids is 1. The van der Waals surface area contributed by atoms with E-state index in [-0.39, 0.29) is 29.5 Å². The van der Waals surface area contributed by atoms with E-state index in [2.05, 4.69) is 10.2 Å². The van der Waals surface area contributed by atoms with E-state index < -0.39 is 17.2 Å². The molecule has 1 aliphatic carbocycles. The highest BCUT2D eigenvalue weighted by atomic mass is 35.5. The van der Waals surface area contributed by atoms with Gasteiger partial charge in [-0.2, -0.15) is 5.10 Å². The first-order chi connectivity index (χ1) is 13.9. The predicted octanol–water partition coefficient (Wildman–Crippen LogP) is 3.48. The zero-order chi connectivity index (χ0) is 20.3. The first kappa shape index (κ1) is 17.8. The minimum absolute atomic E-state index is 0.000142. The Hall–Kier alpha value is -3.26. The van der Waals surface area contributed by atoms with E-state index >= 15 is 0 Å². The summed E-state index contributed by atoms with van der Waals surface area (Å²) >= 11 is 6.07. The molecule has 5 rings (SSSR count). The summed E-state index contributed by atoms with van der Waals surface area (Å²) in [7, 11) is 0. The molecule has 1 aromatic heterocycles. The first-order valence-corrected chi connectivity index (χ1v) is 9.40. The molecule has 7 nitrogen and oxygen atoms in total. The lowest BCUT2D eigenvalue weighted by Gasteiger charge is -2.34. The third-order valence-electron chi connectivity index (χ3n) is 5.14. The summed E-state index contributed by atoms with van der Waals surface area (Å²) in [6, 6.07) is 7.14. The van der Waals surface area contributed by atoms with Crippen LogP contribution in [0.5, 0.6) is 0 Å². The standard InChI is InChI=1S/C20H14ClFN4O3/c21-11-3-1-2-10(6-11)16-9-26-18(24-23-16)15(22)7-13-17(27)14(20(28)29)8-25(19(13)26)12-4-5-12/h1-3,6-8,12H,4-5,9H2,(H,28,29). The van der Waals surface area contributed by atoms with E-state index in [0.29, 0.717) is 16.6 Å². The van der Waals surface area contributed by atoms with Gasteiger partial charge in [-0.25, -0.2) is 9.18 Å². The average Bonchev–Trinajstić information content (AvgIpc) is 3.53. The second kappa shape index (κ2) is 6.38. The van der Waals surface area contributed by atoms with Gasteiger partial charge in [0.25, 0.3) is 0 Å². The lowest BCUT2D eigenvalue weighted by Crippen LogP contribution is -2.44. The summed E-state index contributed by atoms with van der Waals surface area (Å²) in [5, 5.41) is 18.1. The molecular formula is C20H14ClFN4O3. The van der Waals surface area contributed by atoms with Crippen LogP contribution in [0, 0.1) is 0 Å². The number of carboxylic acid groups (broad SMARTS) is 1. The molecule has 1 aromatic carbocycles. The Morgan fingerprint density at radius 3 is 2.76 bits per heavy atom. The van der Waals surface area contributed by atoms with E-state index in [9.17, 15) is 19.1 Å². The lowest BCUT2D eigenvalue weighted by molar-refractivity contribution is 0.0694. The van der Waals surface area contributed by atoms with E-state index in [1.54, 1.807) is 27.7 Å². The second-order valence-corrected chi connectivity index (χ2v) is 7.55. The molecule has 0 unspecified atom stereocenters. The van der Waals surface area contributed by atoms with Crippen LogP contribution in [-0.2, 0) is 0 Å². The number of hydrogen-bond acceptors (Lipinski definition) is 5. The average molecular weight is 413 g/mol. The van der Waals surface area contributed by atoms with Gasteiger partial charge in [0.1, 0.15) is 11.4 Å². The Kier molecular flexibility index (Phi) is 3.92. The summed E-state index contributed by atoms with van der Waals surface area (Å²) in [6.45, 7) is 0.173. The van der Waals surface area contributed by atoms with Crippen LogP contribution in [0.4, 0.5) is 10.2 Å². The Bertz CT molecular complexity index is 1230. The van der Waals surface area contributed by atoms with Gasteiger partial charge in [-0.15, -0.1) is 5.10 Å². The van der Waals surface area contributed by atoms with Crippen LogP contribution in [0.1, 0.15) is 40.4 Å². The normalized spacial score (nSPS) is 17.7. The number of pyridine rings is 1. The molecule has 2 aliphatic heterocycles. The molecular weight excluding hydrogens is 399 g/mol. The van der Waals surface area contributed by atoms with Gasteiger partial charge in [0.05, 0.1) is 17.8 Å². The van der Waals surface area contributed by atoms with Crippen LogP contribution >= 0.6 is 11.6 Å². The highest BCUT2D eigenvalue weighted by Gasteiger charge is 2.37. The van der Waals surface area contributed by atoms with E-state index in [1.165, 1.54) is 6.20 Å². The number of hydrogen-bond donors (Lipinski definition) is 1. The Morgan fingerprint density at radius 2 is 2.07 bits per heavy atom. The Morgan fingerprint density at radius 1 is 1.28 bits per heavy atom. The van der Waals surface area contributed by atoms with E-state index in [4.69, 9.17) is 11.6 Å². The van der Waals surface area contributed by atoms with Crippen molar-refractivity contribution in [2.45, 2.75) is 18.9 Å². The van der Waals surface area contributed by atoms with Crippen LogP contribution in [0.3, 0.4) is 0 Å². The molecule has 0 bridgehead atoms. The highest BCUT2D eigenvalue weighted by Crippen LogP contribution is 2.41. The molecule has 2 aromatic rings. The van der Waals surface area contributed by atoms with Gasteiger partial charge in [-0.1, -0.05) is 23.7 Å². The van der Waals surface area contributed by atoms with Gasteiger partial charge < -0.3 is 14.6 Å². The lowest BCUT2D eigenvalue weighted by atomic mass is 10.0. The quantitative estimate of drug-likeness (QED) is 0.836. The Labute approximate surface area is 169 Å². The van der Waals surface area contributed by atoms with Gasteiger partial charge >= 0.3 is 5.97 Å². The number of aromatic nitrogens is 1. The van der Waals surface area contributed by atoms with Gasteiger partial charge in [0.15, 0.2) is 11.7 Å². The van der Waals surface area contributed by atoms with Crippen molar-refractivity contribution in [1.82, 2.24) is 4.57 Å². The van der Waals surface area contributed by atoms with Crippen molar-refractivity contribution in [1.29, 1.82) is 0 Å². The molecule has 0 radical (unpaired) electrons. The molecule has 1 saturated carbocycles. The summed E-state index contributed by atoms with van der Waals surface area (Å²) in [4.78, 5) is 25.9. The molecule has 0 saturated heterocycles. The van der Waals surface area contributed by atoms with Crippen molar-refractivity contribution in [2.75, 3.05) is 11.4 Å². The number of fused-ring (bicyclic) bond motifs is 3. The van der Waals surface area contributed by atoms with Crippen LogP contribution in [0.2, 0.25) is 5.02 Å². The number of carbonyl (C=O) groups is 1. The molecule has 3 heterocycles. The van der Waals surface area contributed by atoms with Crippen molar-refractivity contribution in [3.63, 3.8) is 0 Å². The molecule has 0 spiro atoms. The largest absolute Gasteiger partial charge is 0.477 e. The number of anilines is 1. The van der Waals surface area contributed by atoms with Crippen molar-refractivity contribution in [2.24, 2.45) is 10.2 Å². The zero-order valence-corrected chi connectivity index (χ0v) is 15.7. The fraction of sp³-hybridized carbons (Fsp3) is 0.200. The van der Waals surface area contributed by atoms with Crippen LogP contribution in [0.15, 0.2) is 51.3 Å². The van der Waals surface area contributed by atoms with Crippen molar-refractivity contribution < 1.29 is 14.3 Å². The van der Waals surface area contributed by atoms with Gasteiger partial charge in [-0.3, -0.25) is 4.79 Å². The van der Waals surface area contributed by atoms with Gasteiger partial charge in [0.2, 0.25) is 5.43 Å². The van der Waals surface area contributed by atoms with E-state index in [0.717, 1.165) is 24.5 Å². The monoisotopic (exact) mass is 412 g/mol. The third-order valence-corrected chi connectivity index (χ3v) is 5.38. The minimum atomic E-state index is -1.33. The number of aromatic carboxylic acids is 1. The van der Waals surface area contributed by atoms with Crippen LogP contribution in [-0.4, -0.2) is 33.7 Å². The number of amidine groups is 1. The Balaban J connectivity index is 1.70. The maximum atomic E-state index is 14.8. The zero-order valence-electron chi connectivity index (χ0n) is 15.0. The van der Waals surface area contributed by atoms with Crippen molar-refractivity contribution >= 4 is 41.0 Å². The van der Waals surface area contributed by atoms with E-state index in [1.807, 2.05) is 6.07 Å². The summed E-state index contributed by atoms with van der Waals surface area (Å²) in [5.41, 5.74) is 0.222. The maximum Gasteiger partial charge on any atom is 0.341 e. The number of nitrogens with zero attached hydrogens (tertiary/aromatic N) is 4. The molecule has 29 heavy (non-hydrogen) atoms. The van der Waals surface area contributed by atoms with Gasteiger partial charge in [0, 0.05) is 22.8 Å². The SMILES string of the molecule is O=C(O)c1cn(C2CC2)c2c(c1=O)C=C(F)C1=NN=C(c3cccc(Cl)c3)CN12. The summed E-state index contributed by atoms with van der Waals surface area (Å²) in [5.74, 6) is -1.62. The molecule has 0 amide bonds. The smallest absolute Gasteiger partial charge is 0.341 e. The third kappa shape index (κ3) is 2.87. The van der Waals surface area contributed by atoms with Crippen LogP contribution in [0.25, 0.3) is 6.08 Å². The molecule has 0 atom stereocenters. The van der Waals surface area contributed by atoms with Crippen molar-refractivity contribution in [3.8, 4) is 0 Å². The first-order valence-electron chi connectivity index (χ1n) is 9.02. The number of benzene rings is 1. The fourth-order valence-corrected chi connectivity index (χ4v) is 3.81. The minimum Gasteiger partial charge on any atom is -0.477 e. The highest BCUT2D eigenvalue weighted by molar-refractivity contribution is 6.31. The van der Waals surface area contributed by atoms with Crippen molar-refractivity contribution in [3.05, 3.63) is 68.2 Å². The topological polar surface area (TPSA) is 87.3 Å². The molecule has 3 aliphatic rings. The number of halogens is 2. The molecule has 146 valence electrons. The van der Waals surface area contributed by atoms with Crippen LogP contribution < -0.4 is 10.3 Å². The van der Waals surface area contributed by atoms with Gasteiger partial charge in [-0.05, 0) is 31.1 Å². The second-order valence-electron chi connectivity index (χ2n) is 7.11. The maximum absolute atomic E-state index is 14.8. The summed E-state index contributed by atoms with van der Waals surface area (Å²) in [6.07, 6.45) is 4.12. The molecule has 1 N–H and O–H groups in total. The fourth-order valence-electron chi connectivity index (χ4n) is 3.62. The summed E-state index contributed by atoms with van der Waals surface area (Å²) < 4.78 is 16.5. The molecule has 1 fully saturated rings. The molecule has 9 heteroatoms. The number of rotatable bonds is 3.